The summed E-state index contributed by atoms with van der Waals surface area (Å²) in [7, 11) is 2.13. The predicted octanol–water partition coefficient (Wildman–Crippen LogP) is 2.41. The zero-order valence-electron chi connectivity index (χ0n) is 10.2. The highest BCUT2D eigenvalue weighted by atomic mass is 16.3. The Morgan fingerprint density at radius 2 is 1.93 bits per heavy atom. The summed E-state index contributed by atoms with van der Waals surface area (Å²) in [6, 6.07) is 0.554. The third-order valence-electron chi connectivity index (χ3n) is 4.36. The van der Waals surface area contributed by atoms with Gasteiger partial charge in [-0.3, -0.25) is 0 Å². The minimum absolute atomic E-state index is 0.379. The van der Waals surface area contributed by atoms with E-state index in [1.165, 1.54) is 32.1 Å². The molecule has 1 heterocycles. The third-order valence-corrected chi connectivity index (χ3v) is 4.36. The fourth-order valence-corrected chi connectivity index (χ4v) is 3.47. The van der Waals surface area contributed by atoms with Crippen molar-refractivity contribution in [2.45, 2.75) is 63.5 Å². The van der Waals surface area contributed by atoms with Crippen molar-refractivity contribution < 1.29 is 5.11 Å². The van der Waals surface area contributed by atoms with Gasteiger partial charge in [0.2, 0.25) is 0 Å². The molecule has 1 N–H and O–H groups in total. The van der Waals surface area contributed by atoms with Gasteiger partial charge in [0.15, 0.2) is 0 Å². The van der Waals surface area contributed by atoms with E-state index < -0.39 is 0 Å². The third kappa shape index (κ3) is 2.73. The smallest absolute Gasteiger partial charge is 0.0791 e. The number of likely N-dealkylation sites (N-methyl/N-ethyl adjacent to an activating group) is 1. The van der Waals surface area contributed by atoms with Crippen molar-refractivity contribution in [1.82, 2.24) is 4.90 Å². The molecular weight excluding hydrogens is 186 g/mol. The molecule has 0 amide bonds. The monoisotopic (exact) mass is 211 g/mol. The molecule has 0 aromatic rings. The van der Waals surface area contributed by atoms with Crippen LogP contribution in [0.25, 0.3) is 0 Å². The topological polar surface area (TPSA) is 23.5 Å². The average molecular weight is 211 g/mol. The van der Waals surface area contributed by atoms with Crippen molar-refractivity contribution in [2.75, 3.05) is 13.6 Å². The SMILES string of the molecule is CC1CC(O)(CC2CCCCC2)CN1C. The molecule has 2 unspecified atom stereocenters. The standard InChI is InChI=1S/C13H25NO/c1-11-8-13(15,10-14(11)2)9-12-6-4-3-5-7-12/h11-12,15H,3-10H2,1-2H3. The predicted molar refractivity (Wildman–Crippen MR) is 62.9 cm³/mol. The molecule has 2 nitrogen and oxygen atoms in total. The van der Waals surface area contributed by atoms with Gasteiger partial charge in [-0.2, -0.15) is 0 Å². The number of aliphatic hydroxyl groups is 1. The van der Waals surface area contributed by atoms with E-state index in [-0.39, 0.29) is 5.60 Å². The maximum absolute atomic E-state index is 10.5. The summed E-state index contributed by atoms with van der Waals surface area (Å²) in [5.41, 5.74) is -0.379. The molecule has 0 aromatic heterocycles. The second-order valence-electron chi connectivity index (χ2n) is 5.90. The molecule has 0 radical (unpaired) electrons. The van der Waals surface area contributed by atoms with Crippen LogP contribution in [0.15, 0.2) is 0 Å². The molecule has 88 valence electrons. The Morgan fingerprint density at radius 3 is 2.47 bits per heavy atom. The maximum Gasteiger partial charge on any atom is 0.0791 e. The molecule has 2 heteroatoms. The first-order chi connectivity index (χ1) is 7.09. The van der Waals surface area contributed by atoms with Gasteiger partial charge in [0, 0.05) is 12.6 Å². The van der Waals surface area contributed by atoms with Crippen molar-refractivity contribution in [3.63, 3.8) is 0 Å². The number of β-amino-alcohol motifs (C(OH)–C–C–N with tert-alkyl or cyclic N) is 1. The van der Waals surface area contributed by atoms with Gasteiger partial charge in [0.1, 0.15) is 0 Å². The number of likely N-dealkylation sites (tertiary alicyclic amines) is 1. The molecule has 15 heavy (non-hydrogen) atoms. The van der Waals surface area contributed by atoms with Crippen LogP contribution in [0.1, 0.15) is 51.9 Å². The van der Waals surface area contributed by atoms with Crippen molar-refractivity contribution >= 4 is 0 Å². The Balaban J connectivity index is 1.87. The summed E-state index contributed by atoms with van der Waals surface area (Å²) < 4.78 is 0. The zero-order valence-corrected chi connectivity index (χ0v) is 10.2. The molecule has 2 fully saturated rings. The summed E-state index contributed by atoms with van der Waals surface area (Å²) in [5.74, 6) is 0.794. The minimum atomic E-state index is -0.379. The maximum atomic E-state index is 10.5. The van der Waals surface area contributed by atoms with Crippen LogP contribution in [-0.4, -0.2) is 35.2 Å². The normalized spacial score (nSPS) is 39.8. The molecule has 1 aliphatic carbocycles. The van der Waals surface area contributed by atoms with E-state index in [0.29, 0.717) is 6.04 Å². The second kappa shape index (κ2) is 4.42. The van der Waals surface area contributed by atoms with Gasteiger partial charge in [0.05, 0.1) is 5.60 Å². The van der Waals surface area contributed by atoms with Crippen LogP contribution >= 0.6 is 0 Å². The molecular formula is C13H25NO. The van der Waals surface area contributed by atoms with E-state index >= 15 is 0 Å². The number of hydrogen-bond donors (Lipinski definition) is 1. The van der Waals surface area contributed by atoms with Gasteiger partial charge < -0.3 is 10.0 Å². The van der Waals surface area contributed by atoms with Crippen LogP contribution in [0.5, 0.6) is 0 Å². The van der Waals surface area contributed by atoms with Crippen LogP contribution < -0.4 is 0 Å². The molecule has 1 saturated carbocycles. The lowest BCUT2D eigenvalue weighted by Crippen LogP contribution is -2.34. The molecule has 2 aliphatic rings. The van der Waals surface area contributed by atoms with Crippen LogP contribution in [0.4, 0.5) is 0 Å². The highest BCUT2D eigenvalue weighted by molar-refractivity contribution is 4.94. The zero-order chi connectivity index (χ0) is 10.9. The lowest BCUT2D eigenvalue weighted by atomic mass is 9.80. The van der Waals surface area contributed by atoms with Gasteiger partial charge >= 0.3 is 0 Å². The van der Waals surface area contributed by atoms with Gasteiger partial charge in [-0.25, -0.2) is 0 Å². The summed E-state index contributed by atoms with van der Waals surface area (Å²) in [6.07, 6.45) is 8.88. The molecule has 1 aliphatic heterocycles. The fraction of sp³-hybridized carbons (Fsp3) is 1.00. The summed E-state index contributed by atoms with van der Waals surface area (Å²) >= 11 is 0. The summed E-state index contributed by atoms with van der Waals surface area (Å²) in [5, 5.41) is 10.5. The Kier molecular flexibility index (Phi) is 3.36. The lowest BCUT2D eigenvalue weighted by molar-refractivity contribution is 0.0206. The van der Waals surface area contributed by atoms with Crippen LogP contribution in [0.2, 0.25) is 0 Å². The van der Waals surface area contributed by atoms with E-state index in [4.69, 9.17) is 0 Å². The van der Waals surface area contributed by atoms with Crippen molar-refractivity contribution in [2.24, 2.45) is 5.92 Å². The van der Waals surface area contributed by atoms with E-state index in [9.17, 15) is 5.11 Å². The van der Waals surface area contributed by atoms with E-state index in [1.807, 2.05) is 0 Å². The van der Waals surface area contributed by atoms with Gasteiger partial charge in [-0.1, -0.05) is 32.1 Å². The molecule has 2 atom stereocenters. The quantitative estimate of drug-likeness (QED) is 0.758. The van der Waals surface area contributed by atoms with Crippen LogP contribution in [0, 0.1) is 5.92 Å². The van der Waals surface area contributed by atoms with Gasteiger partial charge in [-0.15, -0.1) is 0 Å². The second-order valence-corrected chi connectivity index (χ2v) is 5.90. The summed E-state index contributed by atoms with van der Waals surface area (Å²) in [6.45, 7) is 3.10. The Hall–Kier alpha value is -0.0800. The Bertz CT molecular complexity index is 201. The van der Waals surface area contributed by atoms with Crippen LogP contribution in [-0.2, 0) is 0 Å². The molecule has 1 saturated heterocycles. The van der Waals surface area contributed by atoms with Gasteiger partial charge in [-0.05, 0) is 32.7 Å². The molecule has 0 spiro atoms. The average Bonchev–Trinajstić information content (AvgIpc) is 2.42. The van der Waals surface area contributed by atoms with E-state index in [1.54, 1.807) is 0 Å². The van der Waals surface area contributed by atoms with Crippen molar-refractivity contribution in [1.29, 1.82) is 0 Å². The lowest BCUT2D eigenvalue weighted by Gasteiger charge is -2.30. The molecule has 2 rings (SSSR count). The van der Waals surface area contributed by atoms with Gasteiger partial charge in [0.25, 0.3) is 0 Å². The van der Waals surface area contributed by atoms with Crippen molar-refractivity contribution in [3.8, 4) is 0 Å². The number of hydrogen-bond acceptors (Lipinski definition) is 2. The first kappa shape index (κ1) is 11.4. The fourth-order valence-electron chi connectivity index (χ4n) is 3.47. The Labute approximate surface area is 93.7 Å². The minimum Gasteiger partial charge on any atom is -0.388 e. The highest BCUT2D eigenvalue weighted by Crippen LogP contribution is 2.36. The highest BCUT2D eigenvalue weighted by Gasteiger charge is 2.40. The van der Waals surface area contributed by atoms with E-state index in [2.05, 4.69) is 18.9 Å². The molecule has 0 bridgehead atoms. The summed E-state index contributed by atoms with van der Waals surface area (Å²) in [4.78, 5) is 2.29. The molecule has 0 aromatic carbocycles. The number of nitrogens with zero attached hydrogens (tertiary/aromatic N) is 1. The van der Waals surface area contributed by atoms with Crippen molar-refractivity contribution in [3.05, 3.63) is 0 Å². The first-order valence-corrected chi connectivity index (χ1v) is 6.52. The number of rotatable bonds is 2. The Morgan fingerprint density at radius 1 is 1.27 bits per heavy atom. The van der Waals surface area contributed by atoms with Crippen LogP contribution in [0.3, 0.4) is 0 Å². The largest absolute Gasteiger partial charge is 0.388 e. The first-order valence-electron chi connectivity index (χ1n) is 6.52. The van der Waals surface area contributed by atoms with E-state index in [0.717, 1.165) is 25.3 Å².